The van der Waals surface area contributed by atoms with Crippen LogP contribution in [-0.4, -0.2) is 12.7 Å². The van der Waals surface area contributed by atoms with Crippen LogP contribution >= 0.6 is 0 Å². The maximum Gasteiger partial charge on any atom is 0.411 e. The summed E-state index contributed by atoms with van der Waals surface area (Å²) in [6.07, 6.45) is -0.464. The number of carbonyl (C=O) groups is 1. The van der Waals surface area contributed by atoms with Gasteiger partial charge in [0.05, 0.1) is 6.61 Å². The molecule has 2 aromatic carbocycles. The Balaban J connectivity index is 1.98. The number of carbonyl (C=O) groups excluding carboxylic acids is 1. The van der Waals surface area contributed by atoms with E-state index >= 15 is 0 Å². The first-order valence-electron chi connectivity index (χ1n) is 6.90. The molecule has 4 nitrogen and oxygen atoms in total. The molecule has 0 fully saturated rings. The molecule has 0 heterocycles. The number of hydrogen-bond donors (Lipinski definition) is 1. The highest BCUT2D eigenvalue weighted by Gasteiger charge is 2.04. The number of amides is 1. The minimum absolute atomic E-state index is 0.343. The highest BCUT2D eigenvalue weighted by molar-refractivity contribution is 5.84. The van der Waals surface area contributed by atoms with Crippen LogP contribution in [0, 0.1) is 6.92 Å². The number of anilines is 1. The lowest BCUT2D eigenvalue weighted by Crippen LogP contribution is -2.13. The number of nitrogens with one attached hydrogen (secondary N) is 1. The van der Waals surface area contributed by atoms with Gasteiger partial charge in [-0.15, -0.1) is 0 Å². The first-order valence-corrected chi connectivity index (χ1v) is 6.90. The van der Waals surface area contributed by atoms with Gasteiger partial charge in [0.25, 0.3) is 0 Å². The van der Waals surface area contributed by atoms with Crippen LogP contribution in [0.5, 0.6) is 5.75 Å². The average Bonchev–Trinajstić information content (AvgIpc) is 2.47. The van der Waals surface area contributed by atoms with Gasteiger partial charge in [0.1, 0.15) is 12.4 Å². The van der Waals surface area contributed by atoms with Crippen molar-refractivity contribution in [1.82, 2.24) is 0 Å². The quantitative estimate of drug-likeness (QED) is 0.898. The maximum absolute atomic E-state index is 11.4. The Labute approximate surface area is 124 Å². The van der Waals surface area contributed by atoms with E-state index in [2.05, 4.69) is 18.3 Å². The molecule has 0 spiro atoms. The molecule has 0 aromatic heterocycles. The number of aryl methyl sites for hydroxylation is 1. The van der Waals surface area contributed by atoms with Crippen molar-refractivity contribution in [3.8, 4) is 5.75 Å². The van der Waals surface area contributed by atoms with Gasteiger partial charge in [-0.25, -0.2) is 4.79 Å². The summed E-state index contributed by atoms with van der Waals surface area (Å²) >= 11 is 0. The predicted octanol–water partition coefficient (Wildman–Crippen LogP) is 4.14. The van der Waals surface area contributed by atoms with Crippen LogP contribution in [0.15, 0.2) is 48.5 Å². The summed E-state index contributed by atoms with van der Waals surface area (Å²) in [4.78, 5) is 11.4. The molecule has 0 unspecified atom stereocenters. The predicted molar refractivity (Wildman–Crippen MR) is 82.6 cm³/mol. The Morgan fingerprint density at radius 1 is 1.14 bits per heavy atom. The van der Waals surface area contributed by atoms with Gasteiger partial charge in [-0.1, -0.05) is 30.3 Å². The van der Waals surface area contributed by atoms with E-state index in [1.54, 1.807) is 19.1 Å². The van der Waals surface area contributed by atoms with E-state index in [9.17, 15) is 4.79 Å². The van der Waals surface area contributed by atoms with E-state index in [1.807, 2.05) is 30.3 Å². The van der Waals surface area contributed by atoms with Crippen molar-refractivity contribution in [3.05, 3.63) is 59.7 Å². The van der Waals surface area contributed by atoms with Crippen molar-refractivity contribution in [2.45, 2.75) is 20.5 Å². The molecule has 0 aliphatic heterocycles. The second-order valence-electron chi connectivity index (χ2n) is 4.59. The summed E-state index contributed by atoms with van der Waals surface area (Å²) < 4.78 is 10.6. The van der Waals surface area contributed by atoms with Gasteiger partial charge in [-0.2, -0.15) is 0 Å². The highest BCUT2D eigenvalue weighted by atomic mass is 16.5. The lowest BCUT2D eigenvalue weighted by Gasteiger charge is -2.10. The van der Waals surface area contributed by atoms with Crippen LogP contribution in [0.1, 0.15) is 18.1 Å². The Bertz CT molecular complexity index is 610. The molecule has 0 bridgehead atoms. The van der Waals surface area contributed by atoms with Gasteiger partial charge >= 0.3 is 6.09 Å². The minimum atomic E-state index is -0.464. The highest BCUT2D eigenvalue weighted by Crippen LogP contribution is 2.19. The first kappa shape index (κ1) is 14.9. The molecule has 1 N–H and O–H groups in total. The van der Waals surface area contributed by atoms with Crippen molar-refractivity contribution in [3.63, 3.8) is 0 Å². The van der Waals surface area contributed by atoms with Crippen LogP contribution in [0.3, 0.4) is 0 Å². The van der Waals surface area contributed by atoms with Crippen molar-refractivity contribution >= 4 is 11.8 Å². The molecule has 21 heavy (non-hydrogen) atoms. The lowest BCUT2D eigenvalue weighted by atomic mass is 10.1. The van der Waals surface area contributed by atoms with Gasteiger partial charge in [-0.05, 0) is 37.1 Å². The first-order chi connectivity index (χ1) is 10.2. The molecule has 2 aromatic rings. The second-order valence-corrected chi connectivity index (χ2v) is 4.59. The van der Waals surface area contributed by atoms with Gasteiger partial charge < -0.3 is 9.47 Å². The van der Waals surface area contributed by atoms with E-state index in [-0.39, 0.29) is 0 Å². The Morgan fingerprint density at radius 3 is 2.71 bits per heavy atom. The molecular weight excluding hydrogens is 266 g/mol. The van der Waals surface area contributed by atoms with Crippen molar-refractivity contribution in [1.29, 1.82) is 0 Å². The van der Waals surface area contributed by atoms with Gasteiger partial charge in [0.2, 0.25) is 0 Å². The van der Waals surface area contributed by atoms with E-state index < -0.39 is 6.09 Å². The fourth-order valence-corrected chi connectivity index (χ4v) is 1.88. The maximum atomic E-state index is 11.4. The van der Waals surface area contributed by atoms with Gasteiger partial charge in [0, 0.05) is 11.8 Å². The summed E-state index contributed by atoms with van der Waals surface area (Å²) in [5.74, 6) is 0.701. The van der Waals surface area contributed by atoms with Crippen molar-refractivity contribution < 1.29 is 14.3 Å². The topological polar surface area (TPSA) is 47.6 Å². The smallest absolute Gasteiger partial charge is 0.411 e. The van der Waals surface area contributed by atoms with Crippen LogP contribution in [0.25, 0.3) is 0 Å². The largest absolute Gasteiger partial charge is 0.489 e. The molecule has 0 aliphatic carbocycles. The summed E-state index contributed by atoms with van der Waals surface area (Å²) in [7, 11) is 0. The normalized spacial score (nSPS) is 10.0. The van der Waals surface area contributed by atoms with Crippen LogP contribution < -0.4 is 10.1 Å². The monoisotopic (exact) mass is 285 g/mol. The molecule has 1 amide bonds. The van der Waals surface area contributed by atoms with Crippen LogP contribution in [0.4, 0.5) is 10.5 Å². The number of benzene rings is 2. The average molecular weight is 285 g/mol. The summed E-state index contributed by atoms with van der Waals surface area (Å²) in [5, 5.41) is 2.65. The third kappa shape index (κ3) is 4.53. The third-order valence-electron chi connectivity index (χ3n) is 3.01. The molecule has 2 rings (SSSR count). The molecule has 0 aliphatic rings. The van der Waals surface area contributed by atoms with Gasteiger partial charge in [0.15, 0.2) is 0 Å². The van der Waals surface area contributed by atoms with E-state index in [4.69, 9.17) is 9.47 Å². The van der Waals surface area contributed by atoms with Crippen LogP contribution in [-0.2, 0) is 11.3 Å². The number of rotatable bonds is 5. The molecule has 0 radical (unpaired) electrons. The fraction of sp³-hybridized carbons (Fsp3) is 0.235. The Kier molecular flexibility index (Phi) is 5.21. The summed E-state index contributed by atoms with van der Waals surface area (Å²) in [5.41, 5.74) is 2.98. The van der Waals surface area contributed by atoms with E-state index in [1.165, 1.54) is 5.56 Å². The SMILES string of the molecule is CCOC(=O)Nc1cccc(OCc2ccccc2C)c1. The zero-order chi connectivity index (χ0) is 15.1. The van der Waals surface area contributed by atoms with Crippen molar-refractivity contribution in [2.24, 2.45) is 0 Å². The van der Waals surface area contributed by atoms with Gasteiger partial charge in [-0.3, -0.25) is 5.32 Å². The van der Waals surface area contributed by atoms with Crippen molar-refractivity contribution in [2.75, 3.05) is 11.9 Å². The Hall–Kier alpha value is -2.49. The zero-order valence-electron chi connectivity index (χ0n) is 12.3. The standard InChI is InChI=1S/C17H19NO3/c1-3-20-17(19)18-15-9-6-10-16(11-15)21-12-14-8-5-4-7-13(14)2/h4-11H,3,12H2,1-2H3,(H,18,19). The second kappa shape index (κ2) is 7.33. The lowest BCUT2D eigenvalue weighted by molar-refractivity contribution is 0.168. The molecule has 0 saturated heterocycles. The summed E-state index contributed by atoms with van der Waals surface area (Å²) in [6.45, 7) is 4.66. The van der Waals surface area contributed by atoms with E-state index in [0.717, 1.165) is 5.56 Å². The molecule has 0 atom stereocenters. The fourth-order valence-electron chi connectivity index (χ4n) is 1.88. The number of hydrogen-bond acceptors (Lipinski definition) is 3. The van der Waals surface area contributed by atoms with Crippen LogP contribution in [0.2, 0.25) is 0 Å². The zero-order valence-corrected chi connectivity index (χ0v) is 12.3. The third-order valence-corrected chi connectivity index (χ3v) is 3.01. The minimum Gasteiger partial charge on any atom is -0.489 e. The number of ether oxygens (including phenoxy) is 2. The summed E-state index contributed by atoms with van der Waals surface area (Å²) in [6, 6.07) is 15.3. The molecule has 110 valence electrons. The van der Waals surface area contributed by atoms with E-state index in [0.29, 0.717) is 24.7 Å². The molecular formula is C17H19NO3. The molecule has 0 saturated carbocycles. The Morgan fingerprint density at radius 2 is 1.95 bits per heavy atom. The molecule has 4 heteroatoms.